The Morgan fingerprint density at radius 2 is 1.80 bits per heavy atom. The number of hydrogen-bond acceptors (Lipinski definition) is 5. The molecule has 2 aromatic rings. The molecule has 7 heteroatoms. The van der Waals surface area contributed by atoms with Crippen molar-refractivity contribution in [3.05, 3.63) is 59.4 Å². The second-order valence-electron chi connectivity index (χ2n) is 6.42. The standard InChI is InChI=1S/C18H20N4O2S/c1-14-5-4-8-19-16(14)13-21-9-11-22(12-10-21)18-15-6-2-3-7-17(15)25(23,24)20-18/h2-8H,9-13H2,1H3. The third-order valence-corrected chi connectivity index (χ3v) is 6.10. The van der Waals surface area contributed by atoms with Crippen LogP contribution in [-0.2, 0) is 16.6 Å². The van der Waals surface area contributed by atoms with Gasteiger partial charge in [0.25, 0.3) is 10.0 Å². The number of hydrogen-bond donors (Lipinski definition) is 0. The molecule has 0 N–H and O–H groups in total. The molecule has 3 heterocycles. The van der Waals surface area contributed by atoms with Gasteiger partial charge in [-0.1, -0.05) is 18.2 Å². The van der Waals surface area contributed by atoms with E-state index in [4.69, 9.17) is 0 Å². The van der Waals surface area contributed by atoms with E-state index in [1.165, 1.54) is 5.56 Å². The summed E-state index contributed by atoms with van der Waals surface area (Å²) in [7, 11) is -3.55. The molecule has 1 saturated heterocycles. The van der Waals surface area contributed by atoms with E-state index >= 15 is 0 Å². The van der Waals surface area contributed by atoms with E-state index in [-0.39, 0.29) is 0 Å². The fourth-order valence-electron chi connectivity index (χ4n) is 3.33. The number of rotatable bonds is 2. The summed E-state index contributed by atoms with van der Waals surface area (Å²) >= 11 is 0. The lowest BCUT2D eigenvalue weighted by Gasteiger charge is -2.35. The van der Waals surface area contributed by atoms with Crippen LogP contribution in [0.15, 0.2) is 51.9 Å². The zero-order chi connectivity index (χ0) is 17.4. The summed E-state index contributed by atoms with van der Waals surface area (Å²) in [5, 5.41) is 0. The van der Waals surface area contributed by atoms with Crippen molar-refractivity contribution in [3.63, 3.8) is 0 Å². The lowest BCUT2D eigenvalue weighted by atomic mass is 10.1. The van der Waals surface area contributed by atoms with Gasteiger partial charge in [0.2, 0.25) is 0 Å². The molecule has 0 aliphatic carbocycles. The molecule has 2 aliphatic rings. The maximum Gasteiger partial charge on any atom is 0.285 e. The largest absolute Gasteiger partial charge is 0.353 e. The Bertz CT molecular complexity index is 932. The van der Waals surface area contributed by atoms with Crippen LogP contribution >= 0.6 is 0 Å². The molecule has 0 bridgehead atoms. The second kappa shape index (κ2) is 6.24. The van der Waals surface area contributed by atoms with E-state index in [0.29, 0.717) is 10.7 Å². The molecule has 130 valence electrons. The first-order valence-corrected chi connectivity index (χ1v) is 9.81. The van der Waals surface area contributed by atoms with E-state index in [1.807, 2.05) is 24.4 Å². The number of amidine groups is 1. The summed E-state index contributed by atoms with van der Waals surface area (Å²) < 4.78 is 28.5. The Morgan fingerprint density at radius 1 is 1.04 bits per heavy atom. The zero-order valence-corrected chi connectivity index (χ0v) is 14.9. The predicted molar refractivity (Wildman–Crippen MR) is 96.0 cm³/mol. The smallest absolute Gasteiger partial charge is 0.285 e. The van der Waals surface area contributed by atoms with Gasteiger partial charge in [0.05, 0.1) is 5.69 Å². The first-order chi connectivity index (χ1) is 12.0. The average molecular weight is 356 g/mol. The zero-order valence-electron chi connectivity index (χ0n) is 14.1. The van der Waals surface area contributed by atoms with Crippen molar-refractivity contribution in [1.82, 2.24) is 14.8 Å². The molecule has 2 aliphatic heterocycles. The van der Waals surface area contributed by atoms with Crippen molar-refractivity contribution in [1.29, 1.82) is 0 Å². The maximum absolute atomic E-state index is 12.2. The fraction of sp³-hybridized carbons (Fsp3) is 0.333. The second-order valence-corrected chi connectivity index (χ2v) is 7.99. The van der Waals surface area contributed by atoms with Gasteiger partial charge in [-0.15, -0.1) is 4.40 Å². The van der Waals surface area contributed by atoms with Crippen LogP contribution in [0.4, 0.5) is 0 Å². The molecule has 0 unspecified atom stereocenters. The molecule has 0 amide bonds. The van der Waals surface area contributed by atoms with Crippen molar-refractivity contribution >= 4 is 15.9 Å². The van der Waals surface area contributed by atoms with Crippen LogP contribution in [0, 0.1) is 6.92 Å². The Labute approximate surface area is 147 Å². The maximum atomic E-state index is 12.2. The van der Waals surface area contributed by atoms with Crippen molar-refractivity contribution in [2.24, 2.45) is 4.40 Å². The van der Waals surface area contributed by atoms with Crippen LogP contribution in [0.5, 0.6) is 0 Å². The van der Waals surface area contributed by atoms with Gasteiger partial charge in [0, 0.05) is 44.5 Å². The quantitative estimate of drug-likeness (QED) is 0.819. The van der Waals surface area contributed by atoms with Gasteiger partial charge in [-0.3, -0.25) is 9.88 Å². The van der Waals surface area contributed by atoms with E-state index in [2.05, 4.69) is 32.2 Å². The van der Waals surface area contributed by atoms with E-state index in [0.717, 1.165) is 44.0 Å². The first-order valence-electron chi connectivity index (χ1n) is 8.37. The number of aryl methyl sites for hydroxylation is 1. The number of aromatic nitrogens is 1. The number of fused-ring (bicyclic) bond motifs is 1. The molecular weight excluding hydrogens is 336 g/mol. The summed E-state index contributed by atoms with van der Waals surface area (Å²) in [6.07, 6.45) is 1.83. The van der Waals surface area contributed by atoms with E-state index in [1.54, 1.807) is 12.1 Å². The monoisotopic (exact) mass is 356 g/mol. The van der Waals surface area contributed by atoms with Crippen molar-refractivity contribution in [2.45, 2.75) is 18.4 Å². The Morgan fingerprint density at radius 3 is 2.56 bits per heavy atom. The summed E-state index contributed by atoms with van der Waals surface area (Å²) in [5.41, 5.74) is 3.02. The van der Waals surface area contributed by atoms with Gasteiger partial charge < -0.3 is 4.90 Å². The van der Waals surface area contributed by atoms with E-state index in [9.17, 15) is 8.42 Å². The summed E-state index contributed by atoms with van der Waals surface area (Å²) in [6.45, 7) is 6.13. The highest BCUT2D eigenvalue weighted by Crippen LogP contribution is 2.28. The third kappa shape index (κ3) is 3.05. The molecule has 1 fully saturated rings. The van der Waals surface area contributed by atoms with Gasteiger partial charge >= 0.3 is 0 Å². The van der Waals surface area contributed by atoms with Crippen molar-refractivity contribution in [3.8, 4) is 0 Å². The summed E-state index contributed by atoms with van der Waals surface area (Å²) in [4.78, 5) is 9.20. The molecule has 25 heavy (non-hydrogen) atoms. The minimum atomic E-state index is -3.55. The molecule has 1 aromatic heterocycles. The highest BCUT2D eigenvalue weighted by molar-refractivity contribution is 7.90. The Hall–Kier alpha value is -2.25. The highest BCUT2D eigenvalue weighted by atomic mass is 32.2. The van der Waals surface area contributed by atoms with Crippen LogP contribution < -0.4 is 0 Å². The number of benzene rings is 1. The van der Waals surface area contributed by atoms with Crippen molar-refractivity contribution in [2.75, 3.05) is 26.2 Å². The van der Waals surface area contributed by atoms with Crippen LogP contribution in [0.1, 0.15) is 16.8 Å². The SMILES string of the molecule is Cc1cccnc1CN1CCN(C2=NS(=O)(=O)c3ccccc32)CC1. The van der Waals surface area contributed by atoms with Gasteiger partial charge in [0.15, 0.2) is 5.84 Å². The first kappa shape index (κ1) is 16.2. The Kier molecular flexibility index (Phi) is 4.05. The average Bonchev–Trinajstić information content (AvgIpc) is 2.90. The molecule has 0 atom stereocenters. The van der Waals surface area contributed by atoms with Crippen LogP contribution in [0.3, 0.4) is 0 Å². The topological polar surface area (TPSA) is 65.9 Å². The normalized spacial score (nSPS) is 19.6. The number of piperazine rings is 1. The third-order valence-electron chi connectivity index (χ3n) is 4.78. The molecule has 6 nitrogen and oxygen atoms in total. The van der Waals surface area contributed by atoms with Gasteiger partial charge in [-0.05, 0) is 30.7 Å². The minimum absolute atomic E-state index is 0.316. The lowest BCUT2D eigenvalue weighted by molar-refractivity contribution is 0.174. The minimum Gasteiger partial charge on any atom is -0.353 e. The number of sulfonamides is 1. The van der Waals surface area contributed by atoms with Crippen molar-refractivity contribution < 1.29 is 8.42 Å². The van der Waals surface area contributed by atoms with Gasteiger partial charge in [-0.25, -0.2) is 0 Å². The van der Waals surface area contributed by atoms with Gasteiger partial charge in [-0.2, -0.15) is 8.42 Å². The lowest BCUT2D eigenvalue weighted by Crippen LogP contribution is -2.48. The van der Waals surface area contributed by atoms with E-state index < -0.39 is 10.0 Å². The highest BCUT2D eigenvalue weighted by Gasteiger charge is 2.32. The number of nitrogens with zero attached hydrogens (tertiary/aromatic N) is 4. The molecule has 4 rings (SSSR count). The molecule has 0 saturated carbocycles. The van der Waals surface area contributed by atoms with Gasteiger partial charge in [0.1, 0.15) is 4.90 Å². The van der Waals surface area contributed by atoms with Crippen LogP contribution in [0.2, 0.25) is 0 Å². The summed E-state index contributed by atoms with van der Waals surface area (Å²) in [6, 6.07) is 11.1. The number of pyridine rings is 1. The molecule has 0 radical (unpaired) electrons. The van der Waals surface area contributed by atoms with Crippen LogP contribution in [0.25, 0.3) is 0 Å². The van der Waals surface area contributed by atoms with Crippen LogP contribution in [-0.4, -0.2) is 55.2 Å². The molecule has 1 aromatic carbocycles. The predicted octanol–water partition coefficient (Wildman–Crippen LogP) is 1.66. The Balaban J connectivity index is 1.47. The summed E-state index contributed by atoms with van der Waals surface area (Å²) in [5.74, 6) is 0.587. The fourth-order valence-corrected chi connectivity index (χ4v) is 4.56. The molecular formula is C18H20N4O2S. The molecule has 0 spiro atoms.